The third kappa shape index (κ3) is 5.20. The van der Waals surface area contributed by atoms with Gasteiger partial charge in [-0.3, -0.25) is 14.9 Å². The number of benzene rings is 1. The molecular formula is C13H17ClN2O5. The molecule has 0 heterocycles. The summed E-state index contributed by atoms with van der Waals surface area (Å²) in [6.45, 7) is 4.48. The Labute approximate surface area is 127 Å². The van der Waals surface area contributed by atoms with Crippen molar-refractivity contribution in [1.29, 1.82) is 0 Å². The maximum Gasteiger partial charge on any atom is 0.326 e. The number of nitro benzene ring substituents is 1. The zero-order valence-corrected chi connectivity index (χ0v) is 12.6. The average molecular weight is 317 g/mol. The van der Waals surface area contributed by atoms with Crippen LogP contribution in [0, 0.1) is 10.1 Å². The molecule has 0 fully saturated rings. The predicted molar refractivity (Wildman–Crippen MR) is 77.7 cm³/mol. The zero-order chi connectivity index (χ0) is 15.8. The standard InChI is InChI=1S/C13H17ClN2O5/c1-3-15-11(13(17)20-4-2)8-21-9-5-6-12(16(18)19)10(14)7-9/h5-7,11,15H,3-4,8H2,1-2H3. The highest BCUT2D eigenvalue weighted by atomic mass is 35.5. The molecule has 1 rings (SSSR count). The van der Waals surface area contributed by atoms with E-state index in [-0.39, 0.29) is 23.9 Å². The molecule has 0 aliphatic rings. The van der Waals surface area contributed by atoms with E-state index in [4.69, 9.17) is 21.1 Å². The van der Waals surface area contributed by atoms with Crippen molar-refractivity contribution in [3.8, 4) is 5.75 Å². The lowest BCUT2D eigenvalue weighted by molar-refractivity contribution is -0.384. The minimum atomic E-state index is -0.607. The van der Waals surface area contributed by atoms with Crippen LogP contribution in [0.25, 0.3) is 0 Å². The quantitative estimate of drug-likeness (QED) is 0.449. The van der Waals surface area contributed by atoms with Crippen LogP contribution in [0.1, 0.15) is 13.8 Å². The summed E-state index contributed by atoms with van der Waals surface area (Å²) >= 11 is 5.78. The predicted octanol–water partition coefficient (Wildman–Crippen LogP) is 2.17. The summed E-state index contributed by atoms with van der Waals surface area (Å²) in [5, 5.41) is 13.6. The van der Waals surface area contributed by atoms with Crippen molar-refractivity contribution in [3.63, 3.8) is 0 Å². The highest BCUT2D eigenvalue weighted by molar-refractivity contribution is 6.32. The number of likely N-dealkylation sites (N-methyl/N-ethyl adjacent to an activating group) is 1. The first-order valence-electron chi connectivity index (χ1n) is 6.46. The van der Waals surface area contributed by atoms with Crippen LogP contribution in [0.4, 0.5) is 5.69 Å². The topological polar surface area (TPSA) is 90.7 Å². The number of hydrogen-bond donors (Lipinski definition) is 1. The van der Waals surface area contributed by atoms with Crippen LogP contribution in [-0.2, 0) is 9.53 Å². The normalized spacial score (nSPS) is 11.8. The van der Waals surface area contributed by atoms with E-state index in [2.05, 4.69) is 5.32 Å². The summed E-state index contributed by atoms with van der Waals surface area (Å²) in [6, 6.07) is 3.42. The van der Waals surface area contributed by atoms with Gasteiger partial charge in [0.25, 0.3) is 5.69 Å². The molecule has 0 radical (unpaired) electrons. The average Bonchev–Trinajstić information content (AvgIpc) is 2.43. The minimum absolute atomic E-state index is 0.0198. The van der Waals surface area contributed by atoms with Gasteiger partial charge in [-0.05, 0) is 19.5 Å². The number of halogens is 1. The number of nitro groups is 1. The van der Waals surface area contributed by atoms with Gasteiger partial charge < -0.3 is 14.8 Å². The summed E-state index contributed by atoms with van der Waals surface area (Å²) in [5.74, 6) is -0.0647. The molecule has 21 heavy (non-hydrogen) atoms. The minimum Gasteiger partial charge on any atom is -0.491 e. The molecule has 8 heteroatoms. The maximum atomic E-state index is 11.7. The fraction of sp³-hybridized carbons (Fsp3) is 0.462. The van der Waals surface area contributed by atoms with E-state index in [1.807, 2.05) is 6.92 Å². The first kappa shape index (κ1) is 17.2. The van der Waals surface area contributed by atoms with Crippen LogP contribution in [0.5, 0.6) is 5.75 Å². The van der Waals surface area contributed by atoms with Gasteiger partial charge >= 0.3 is 5.97 Å². The second kappa shape index (κ2) is 8.43. The van der Waals surface area contributed by atoms with E-state index in [0.717, 1.165) is 0 Å². The summed E-state index contributed by atoms with van der Waals surface area (Å²) < 4.78 is 10.4. The molecule has 116 valence electrons. The number of ether oxygens (including phenoxy) is 2. The zero-order valence-electron chi connectivity index (χ0n) is 11.8. The number of carbonyl (C=O) groups is 1. The molecule has 0 aliphatic carbocycles. The number of carbonyl (C=O) groups excluding carboxylic acids is 1. The summed E-state index contributed by atoms with van der Waals surface area (Å²) in [6.07, 6.45) is 0. The van der Waals surface area contributed by atoms with Crippen molar-refractivity contribution >= 4 is 23.3 Å². The Hall–Kier alpha value is -1.86. The monoisotopic (exact) mass is 316 g/mol. The number of nitrogens with one attached hydrogen (secondary N) is 1. The summed E-state index contributed by atoms with van der Waals surface area (Å²) in [7, 11) is 0. The largest absolute Gasteiger partial charge is 0.491 e. The van der Waals surface area contributed by atoms with Crippen molar-refractivity contribution in [2.75, 3.05) is 19.8 Å². The van der Waals surface area contributed by atoms with E-state index in [0.29, 0.717) is 12.3 Å². The van der Waals surface area contributed by atoms with Crippen molar-refractivity contribution in [3.05, 3.63) is 33.3 Å². The van der Waals surface area contributed by atoms with Gasteiger partial charge in [0.1, 0.15) is 23.4 Å². The molecule has 0 spiro atoms. The third-order valence-corrected chi connectivity index (χ3v) is 2.86. The van der Waals surface area contributed by atoms with E-state index in [9.17, 15) is 14.9 Å². The van der Waals surface area contributed by atoms with Crippen LogP contribution in [0.3, 0.4) is 0 Å². The molecule has 1 atom stereocenters. The second-order valence-electron chi connectivity index (χ2n) is 4.04. The summed E-state index contributed by atoms with van der Waals surface area (Å²) in [5.41, 5.74) is -0.197. The Kier molecular flexibility index (Phi) is 6.90. The van der Waals surface area contributed by atoms with Gasteiger partial charge in [-0.1, -0.05) is 18.5 Å². The van der Waals surface area contributed by atoms with Crippen LogP contribution >= 0.6 is 11.6 Å². The van der Waals surface area contributed by atoms with E-state index in [1.54, 1.807) is 6.92 Å². The number of esters is 1. The molecule has 0 saturated heterocycles. The fourth-order valence-electron chi connectivity index (χ4n) is 1.60. The molecule has 0 saturated carbocycles. The van der Waals surface area contributed by atoms with Crippen LogP contribution in [-0.4, -0.2) is 36.7 Å². The first-order chi connectivity index (χ1) is 9.99. The molecule has 1 N–H and O–H groups in total. The third-order valence-electron chi connectivity index (χ3n) is 2.55. The van der Waals surface area contributed by atoms with Crippen molar-refractivity contribution in [2.45, 2.75) is 19.9 Å². The Morgan fingerprint density at radius 3 is 2.71 bits per heavy atom. The Morgan fingerprint density at radius 1 is 1.48 bits per heavy atom. The van der Waals surface area contributed by atoms with Crippen LogP contribution in [0.2, 0.25) is 5.02 Å². The lowest BCUT2D eigenvalue weighted by Crippen LogP contribution is -2.42. The van der Waals surface area contributed by atoms with Crippen molar-refractivity contribution in [2.24, 2.45) is 0 Å². The molecule has 0 amide bonds. The Bertz CT molecular complexity index is 509. The number of rotatable bonds is 8. The molecule has 7 nitrogen and oxygen atoms in total. The smallest absolute Gasteiger partial charge is 0.326 e. The van der Waals surface area contributed by atoms with Gasteiger partial charge in [0.15, 0.2) is 0 Å². The van der Waals surface area contributed by atoms with E-state index in [1.165, 1.54) is 18.2 Å². The lowest BCUT2D eigenvalue weighted by Gasteiger charge is -2.17. The molecule has 1 aromatic rings. The Morgan fingerprint density at radius 2 is 2.19 bits per heavy atom. The van der Waals surface area contributed by atoms with Gasteiger partial charge in [0.2, 0.25) is 0 Å². The number of nitrogens with zero attached hydrogens (tertiary/aromatic N) is 1. The highest BCUT2D eigenvalue weighted by Crippen LogP contribution is 2.28. The molecular weight excluding hydrogens is 300 g/mol. The van der Waals surface area contributed by atoms with Gasteiger partial charge in [-0.2, -0.15) is 0 Å². The van der Waals surface area contributed by atoms with Gasteiger partial charge in [-0.15, -0.1) is 0 Å². The van der Waals surface area contributed by atoms with Crippen LogP contribution < -0.4 is 10.1 Å². The van der Waals surface area contributed by atoms with Crippen molar-refractivity contribution < 1.29 is 19.2 Å². The lowest BCUT2D eigenvalue weighted by atomic mass is 10.3. The Balaban J connectivity index is 2.69. The SMILES string of the molecule is CCNC(COc1ccc([N+](=O)[O-])c(Cl)c1)C(=O)OCC. The second-order valence-corrected chi connectivity index (χ2v) is 4.45. The first-order valence-corrected chi connectivity index (χ1v) is 6.84. The van der Waals surface area contributed by atoms with Gasteiger partial charge in [0.05, 0.1) is 11.5 Å². The molecule has 1 aromatic carbocycles. The molecule has 0 aliphatic heterocycles. The maximum absolute atomic E-state index is 11.7. The molecule has 1 unspecified atom stereocenters. The molecule has 0 aromatic heterocycles. The number of hydrogen-bond acceptors (Lipinski definition) is 6. The van der Waals surface area contributed by atoms with E-state index >= 15 is 0 Å². The summed E-state index contributed by atoms with van der Waals surface area (Å²) in [4.78, 5) is 21.8. The van der Waals surface area contributed by atoms with Gasteiger partial charge in [-0.25, -0.2) is 0 Å². The fourth-order valence-corrected chi connectivity index (χ4v) is 1.84. The highest BCUT2D eigenvalue weighted by Gasteiger charge is 2.20. The van der Waals surface area contributed by atoms with Gasteiger partial charge in [0, 0.05) is 12.1 Å². The van der Waals surface area contributed by atoms with Crippen molar-refractivity contribution in [1.82, 2.24) is 5.32 Å². The molecule has 0 bridgehead atoms. The van der Waals surface area contributed by atoms with E-state index < -0.39 is 16.9 Å². The van der Waals surface area contributed by atoms with Crippen LogP contribution in [0.15, 0.2) is 18.2 Å².